The number of halogens is 1. The fourth-order valence-corrected chi connectivity index (χ4v) is 4.61. The molecule has 1 atom stereocenters. The Morgan fingerprint density at radius 3 is 2.35 bits per heavy atom. The highest BCUT2D eigenvalue weighted by atomic mass is 35.5. The molecule has 9 heteroatoms. The number of rotatable bonds is 4. The summed E-state index contributed by atoms with van der Waals surface area (Å²) in [4.78, 5) is 29.7. The summed E-state index contributed by atoms with van der Waals surface area (Å²) in [5, 5.41) is 4.82. The molecule has 3 aromatic rings. The van der Waals surface area contributed by atoms with Crippen LogP contribution >= 0.6 is 11.6 Å². The second kappa shape index (κ2) is 9.38. The molecule has 0 radical (unpaired) electrons. The molecule has 0 aliphatic carbocycles. The number of amides is 2. The van der Waals surface area contributed by atoms with Crippen molar-refractivity contribution in [1.82, 2.24) is 19.6 Å². The minimum Gasteiger partial charge on any atom is -0.485 e. The van der Waals surface area contributed by atoms with Gasteiger partial charge in [-0.1, -0.05) is 54.1 Å². The maximum absolute atomic E-state index is 13.3. The van der Waals surface area contributed by atoms with Gasteiger partial charge >= 0.3 is 0 Å². The van der Waals surface area contributed by atoms with Crippen LogP contribution in [-0.2, 0) is 11.3 Å². The highest BCUT2D eigenvalue weighted by molar-refractivity contribution is 6.33. The summed E-state index contributed by atoms with van der Waals surface area (Å²) in [5.74, 6) is 0.909. The van der Waals surface area contributed by atoms with Gasteiger partial charge < -0.3 is 19.3 Å². The van der Waals surface area contributed by atoms with Gasteiger partial charge in [-0.15, -0.1) is 0 Å². The molecular formula is C25H25ClN4O4. The van der Waals surface area contributed by atoms with Crippen LogP contribution in [0.25, 0.3) is 0 Å². The quantitative estimate of drug-likeness (QED) is 0.573. The van der Waals surface area contributed by atoms with E-state index in [-0.39, 0.29) is 18.4 Å². The molecular weight excluding hydrogens is 456 g/mol. The molecule has 34 heavy (non-hydrogen) atoms. The number of aromatic nitrogens is 2. The minimum atomic E-state index is -0.690. The van der Waals surface area contributed by atoms with Gasteiger partial charge in [0.15, 0.2) is 11.5 Å². The molecule has 2 aliphatic heterocycles. The Hall–Kier alpha value is -3.52. The summed E-state index contributed by atoms with van der Waals surface area (Å²) < 4.78 is 13.2. The van der Waals surface area contributed by atoms with Crippen molar-refractivity contribution in [3.63, 3.8) is 0 Å². The highest BCUT2D eigenvalue weighted by Crippen LogP contribution is 2.31. The van der Waals surface area contributed by atoms with Gasteiger partial charge in [0.25, 0.3) is 11.8 Å². The first-order valence-corrected chi connectivity index (χ1v) is 11.6. The van der Waals surface area contributed by atoms with Crippen molar-refractivity contribution in [3.05, 3.63) is 76.6 Å². The molecule has 2 amide bonds. The van der Waals surface area contributed by atoms with Crippen LogP contribution in [0.5, 0.6) is 11.5 Å². The summed E-state index contributed by atoms with van der Waals surface area (Å²) in [6.45, 7) is 4.11. The first kappa shape index (κ1) is 22.3. The zero-order valence-electron chi connectivity index (χ0n) is 18.8. The van der Waals surface area contributed by atoms with Crippen molar-refractivity contribution in [2.45, 2.75) is 19.6 Å². The van der Waals surface area contributed by atoms with Gasteiger partial charge in [-0.2, -0.15) is 5.10 Å². The van der Waals surface area contributed by atoms with Gasteiger partial charge in [0.1, 0.15) is 11.8 Å². The molecule has 0 bridgehead atoms. The van der Waals surface area contributed by atoms with Crippen LogP contribution in [0.4, 0.5) is 0 Å². The van der Waals surface area contributed by atoms with E-state index in [1.807, 2.05) is 48.5 Å². The number of para-hydroxylation sites is 2. The molecule has 0 spiro atoms. The standard InChI is InChI=1S/C25H25ClN4O4/c1-17-22(23(26)30(27-17)15-18-7-3-2-4-8-18)25(32)29-13-11-28(12-14-29)24(31)21-16-33-19-9-5-6-10-20(19)34-21/h2-10,21H,11-16H2,1H3. The van der Waals surface area contributed by atoms with Crippen LogP contribution in [0.1, 0.15) is 21.6 Å². The molecule has 1 unspecified atom stereocenters. The number of ether oxygens (including phenoxy) is 2. The Bertz CT molecular complexity index is 1200. The van der Waals surface area contributed by atoms with Gasteiger partial charge in [-0.3, -0.25) is 9.59 Å². The topological polar surface area (TPSA) is 76.9 Å². The highest BCUT2D eigenvalue weighted by Gasteiger charge is 2.34. The van der Waals surface area contributed by atoms with E-state index >= 15 is 0 Å². The molecule has 2 aromatic carbocycles. The summed E-state index contributed by atoms with van der Waals surface area (Å²) in [6.07, 6.45) is -0.690. The second-order valence-electron chi connectivity index (χ2n) is 8.38. The first-order valence-electron chi connectivity index (χ1n) is 11.2. The molecule has 1 fully saturated rings. The predicted molar refractivity (Wildman–Crippen MR) is 126 cm³/mol. The monoisotopic (exact) mass is 480 g/mol. The average Bonchev–Trinajstić information content (AvgIpc) is 3.15. The number of nitrogens with zero attached hydrogens (tertiary/aromatic N) is 4. The smallest absolute Gasteiger partial charge is 0.267 e. The van der Waals surface area contributed by atoms with Crippen molar-refractivity contribution in [2.75, 3.05) is 32.8 Å². The predicted octanol–water partition coefficient (Wildman–Crippen LogP) is 3.02. The number of carbonyl (C=O) groups is 2. The first-order chi connectivity index (χ1) is 16.5. The van der Waals surface area contributed by atoms with Crippen molar-refractivity contribution in [1.29, 1.82) is 0 Å². The number of fused-ring (bicyclic) bond motifs is 1. The minimum absolute atomic E-state index is 0.133. The van der Waals surface area contributed by atoms with E-state index in [0.29, 0.717) is 60.6 Å². The molecule has 1 saturated heterocycles. The maximum Gasteiger partial charge on any atom is 0.267 e. The lowest BCUT2D eigenvalue weighted by atomic mass is 10.2. The van der Waals surface area contributed by atoms with Crippen molar-refractivity contribution >= 4 is 23.4 Å². The third-order valence-corrected chi connectivity index (χ3v) is 6.50. The van der Waals surface area contributed by atoms with E-state index in [1.54, 1.807) is 27.5 Å². The van der Waals surface area contributed by atoms with Gasteiger partial charge in [0.2, 0.25) is 6.10 Å². The van der Waals surface area contributed by atoms with Crippen LogP contribution in [0, 0.1) is 6.92 Å². The third kappa shape index (κ3) is 4.33. The van der Waals surface area contributed by atoms with Gasteiger partial charge in [-0.25, -0.2) is 4.68 Å². The van der Waals surface area contributed by atoms with Crippen molar-refractivity contribution in [3.8, 4) is 11.5 Å². The number of piperazine rings is 1. The Morgan fingerprint density at radius 1 is 0.971 bits per heavy atom. The zero-order chi connectivity index (χ0) is 23.7. The number of aryl methyl sites for hydroxylation is 1. The second-order valence-corrected chi connectivity index (χ2v) is 8.73. The molecule has 176 valence electrons. The van der Waals surface area contributed by atoms with Crippen LogP contribution in [-0.4, -0.2) is 70.3 Å². The van der Waals surface area contributed by atoms with Crippen molar-refractivity contribution in [2.24, 2.45) is 0 Å². The fraction of sp³-hybridized carbons (Fsp3) is 0.320. The number of hydrogen-bond acceptors (Lipinski definition) is 5. The van der Waals surface area contributed by atoms with E-state index in [4.69, 9.17) is 21.1 Å². The Balaban J connectivity index is 1.21. The lowest BCUT2D eigenvalue weighted by Crippen LogP contribution is -2.55. The summed E-state index contributed by atoms with van der Waals surface area (Å²) in [6, 6.07) is 17.1. The SMILES string of the molecule is Cc1nn(Cc2ccccc2)c(Cl)c1C(=O)N1CCN(C(=O)C2COc3ccccc3O2)CC1. The molecule has 3 heterocycles. The maximum atomic E-state index is 13.3. The molecule has 0 N–H and O–H groups in total. The molecule has 0 saturated carbocycles. The Kier molecular flexibility index (Phi) is 6.15. The van der Waals surface area contributed by atoms with Crippen LogP contribution in [0.3, 0.4) is 0 Å². The molecule has 8 nitrogen and oxygen atoms in total. The van der Waals surface area contributed by atoms with Gasteiger partial charge in [0.05, 0.1) is 17.8 Å². The summed E-state index contributed by atoms with van der Waals surface area (Å²) in [7, 11) is 0. The van der Waals surface area contributed by atoms with Gasteiger partial charge in [-0.05, 0) is 24.6 Å². The number of benzene rings is 2. The molecule has 2 aliphatic rings. The van der Waals surface area contributed by atoms with Crippen LogP contribution in [0.15, 0.2) is 54.6 Å². The molecule has 5 rings (SSSR count). The number of hydrogen-bond donors (Lipinski definition) is 0. The van der Waals surface area contributed by atoms with E-state index in [2.05, 4.69) is 5.10 Å². The normalized spacial score (nSPS) is 17.5. The van der Waals surface area contributed by atoms with E-state index < -0.39 is 6.10 Å². The van der Waals surface area contributed by atoms with Crippen molar-refractivity contribution < 1.29 is 19.1 Å². The average molecular weight is 481 g/mol. The third-order valence-electron chi connectivity index (χ3n) is 6.12. The van der Waals surface area contributed by atoms with Crippen LogP contribution in [0.2, 0.25) is 5.15 Å². The number of carbonyl (C=O) groups excluding carboxylic acids is 2. The van der Waals surface area contributed by atoms with E-state index in [9.17, 15) is 9.59 Å². The zero-order valence-corrected chi connectivity index (χ0v) is 19.6. The Labute approximate surface area is 202 Å². The van der Waals surface area contributed by atoms with E-state index in [1.165, 1.54) is 0 Å². The largest absolute Gasteiger partial charge is 0.485 e. The Morgan fingerprint density at radius 2 is 1.62 bits per heavy atom. The fourth-order valence-electron chi connectivity index (χ4n) is 4.29. The lowest BCUT2D eigenvalue weighted by Gasteiger charge is -2.37. The lowest BCUT2D eigenvalue weighted by molar-refractivity contribution is -0.142. The van der Waals surface area contributed by atoms with E-state index in [0.717, 1.165) is 5.56 Å². The molecule has 1 aromatic heterocycles. The van der Waals surface area contributed by atoms with Crippen LogP contribution < -0.4 is 9.47 Å². The van der Waals surface area contributed by atoms with Gasteiger partial charge in [0, 0.05) is 26.2 Å². The summed E-state index contributed by atoms with van der Waals surface area (Å²) >= 11 is 6.57. The summed E-state index contributed by atoms with van der Waals surface area (Å²) in [5.41, 5.74) is 2.06.